The monoisotopic (exact) mass is 777 g/mol. The van der Waals surface area contributed by atoms with Crippen molar-refractivity contribution in [1.82, 2.24) is 4.57 Å². The highest BCUT2D eigenvalue weighted by Gasteiger charge is 2.44. The second kappa shape index (κ2) is 13.3. The molecule has 10 aromatic rings. The zero-order valence-corrected chi connectivity index (χ0v) is 35.2. The predicted octanol–water partition coefficient (Wildman–Crippen LogP) is 12.1. The lowest BCUT2D eigenvalue weighted by Crippen LogP contribution is -2.75. The van der Waals surface area contributed by atoms with Gasteiger partial charge in [0.25, 0.3) is 0 Å². The summed E-state index contributed by atoms with van der Waals surface area (Å²) in [6.07, 6.45) is 2.37. The fourth-order valence-electron chi connectivity index (χ4n) is 10.5. The first-order valence-electron chi connectivity index (χ1n) is 21.1. The van der Waals surface area contributed by atoms with E-state index in [4.69, 9.17) is 4.42 Å². The summed E-state index contributed by atoms with van der Waals surface area (Å²) >= 11 is 0. The molecule has 0 radical (unpaired) electrons. The highest BCUT2D eigenvalue weighted by Crippen LogP contribution is 2.46. The number of fused-ring (bicyclic) bond motifs is 7. The van der Waals surface area contributed by atoms with Crippen LogP contribution in [0.15, 0.2) is 192 Å². The molecule has 0 unspecified atom stereocenters. The number of para-hydroxylation sites is 3. The van der Waals surface area contributed by atoms with Crippen molar-refractivity contribution in [3.8, 4) is 16.8 Å². The summed E-state index contributed by atoms with van der Waals surface area (Å²) < 4.78 is 8.80. The van der Waals surface area contributed by atoms with Crippen LogP contribution in [0.5, 0.6) is 0 Å². The van der Waals surface area contributed by atoms with Crippen molar-refractivity contribution in [3.63, 3.8) is 0 Å². The van der Waals surface area contributed by atoms with Gasteiger partial charge in [-0.25, -0.2) is 0 Å². The van der Waals surface area contributed by atoms with Crippen molar-refractivity contribution >= 4 is 72.6 Å². The van der Waals surface area contributed by atoms with Crippen LogP contribution in [0, 0.1) is 0 Å². The molecular formula is C56H47NOSi. The summed E-state index contributed by atoms with van der Waals surface area (Å²) in [5, 5.41) is 10.3. The quantitative estimate of drug-likeness (QED) is 0.121. The molecular weight excluding hydrogens is 731 g/mol. The molecule has 0 N–H and O–H groups in total. The van der Waals surface area contributed by atoms with E-state index in [2.05, 4.69) is 214 Å². The van der Waals surface area contributed by atoms with Gasteiger partial charge in [0.15, 0.2) is 8.07 Å². The van der Waals surface area contributed by atoms with Crippen LogP contribution in [-0.2, 0) is 10.8 Å². The Morgan fingerprint density at radius 3 is 1.80 bits per heavy atom. The fourth-order valence-corrected chi connectivity index (χ4v) is 15.3. The molecule has 1 aliphatic carbocycles. The zero-order chi connectivity index (χ0) is 39.9. The predicted molar refractivity (Wildman–Crippen MR) is 252 cm³/mol. The number of rotatable bonds is 6. The maximum absolute atomic E-state index is 6.28. The molecule has 0 bridgehead atoms. The van der Waals surface area contributed by atoms with Gasteiger partial charge >= 0.3 is 0 Å². The molecule has 0 saturated carbocycles. The van der Waals surface area contributed by atoms with Crippen LogP contribution in [0.2, 0.25) is 0 Å². The Morgan fingerprint density at radius 2 is 1.03 bits per heavy atom. The van der Waals surface area contributed by atoms with Crippen LogP contribution >= 0.6 is 0 Å². The van der Waals surface area contributed by atoms with Gasteiger partial charge in [0.05, 0.1) is 11.0 Å². The van der Waals surface area contributed by atoms with E-state index in [9.17, 15) is 0 Å². The minimum atomic E-state index is -2.90. The number of nitrogens with zero attached hydrogens (tertiary/aromatic N) is 1. The lowest BCUT2D eigenvalue weighted by atomic mass is 9.63. The zero-order valence-electron chi connectivity index (χ0n) is 34.2. The van der Waals surface area contributed by atoms with E-state index in [0.29, 0.717) is 0 Å². The van der Waals surface area contributed by atoms with Gasteiger partial charge in [-0.3, -0.25) is 0 Å². The van der Waals surface area contributed by atoms with E-state index in [1.807, 2.05) is 6.07 Å². The van der Waals surface area contributed by atoms with Crippen molar-refractivity contribution < 1.29 is 4.42 Å². The van der Waals surface area contributed by atoms with Gasteiger partial charge in [0.1, 0.15) is 11.2 Å². The van der Waals surface area contributed by atoms with E-state index in [-0.39, 0.29) is 10.8 Å². The highest BCUT2D eigenvalue weighted by atomic mass is 28.3. The summed E-state index contributed by atoms with van der Waals surface area (Å²) in [6.45, 7) is 9.76. The molecule has 2 aromatic heterocycles. The Morgan fingerprint density at radius 1 is 0.441 bits per heavy atom. The summed E-state index contributed by atoms with van der Waals surface area (Å²) in [5.74, 6) is 0. The van der Waals surface area contributed by atoms with Gasteiger partial charge in [-0.2, -0.15) is 0 Å². The minimum absolute atomic E-state index is 0.0847. The summed E-state index contributed by atoms with van der Waals surface area (Å²) in [6, 6.07) is 70.7. The number of furan rings is 1. The van der Waals surface area contributed by atoms with Crippen molar-refractivity contribution in [2.75, 3.05) is 0 Å². The standard InChI is InChI=1S/C56H47NOSi/c1-55(2)33-34-56(3,4)50-37-43(30-31-49(50)55)59(40-18-7-5-8-19-40,41-20-9-6-10-21-41)42-22-15-17-39(36-42)57-51-27-13-11-23-45(51)47-26-16-25-44(54(47)57)38-29-32-53-48(35-38)46-24-12-14-28-52(46)58-53/h5-32,35-37H,33-34H2,1-4H3. The van der Waals surface area contributed by atoms with Crippen LogP contribution in [0.1, 0.15) is 51.7 Å². The van der Waals surface area contributed by atoms with E-state index in [0.717, 1.165) is 21.9 Å². The number of benzene rings is 8. The Bertz CT molecular complexity index is 3180. The van der Waals surface area contributed by atoms with Crippen molar-refractivity contribution in [1.29, 1.82) is 0 Å². The average Bonchev–Trinajstić information content (AvgIpc) is 3.82. The van der Waals surface area contributed by atoms with E-state index in [1.54, 1.807) is 0 Å². The molecule has 3 heteroatoms. The third-order valence-electron chi connectivity index (χ3n) is 13.6. The SMILES string of the molecule is CC1(C)CCC(C)(C)c2cc([Si](c3ccccc3)(c3ccccc3)c3cccc(-n4c5ccccc5c5cccc(-c6ccc7oc8ccccc8c7c6)c54)c3)ccc21. The van der Waals surface area contributed by atoms with Gasteiger partial charge in [-0.05, 0) is 97.5 Å². The van der Waals surface area contributed by atoms with Gasteiger partial charge in [0, 0.05) is 32.8 Å². The Balaban J connectivity index is 1.20. The topological polar surface area (TPSA) is 18.1 Å². The second-order valence-corrected chi connectivity index (χ2v) is 21.7. The third-order valence-corrected chi connectivity index (χ3v) is 18.4. The maximum atomic E-state index is 6.28. The van der Waals surface area contributed by atoms with Crippen LogP contribution in [-0.4, -0.2) is 12.6 Å². The second-order valence-electron chi connectivity index (χ2n) is 17.9. The Labute approximate surface area is 347 Å². The molecule has 0 atom stereocenters. The third kappa shape index (κ3) is 5.45. The molecule has 0 aliphatic heterocycles. The van der Waals surface area contributed by atoms with Crippen molar-refractivity contribution in [3.05, 3.63) is 199 Å². The maximum Gasteiger partial charge on any atom is 0.179 e. The molecule has 2 heterocycles. The van der Waals surface area contributed by atoms with Crippen LogP contribution in [0.4, 0.5) is 0 Å². The lowest BCUT2D eigenvalue weighted by Gasteiger charge is -2.43. The van der Waals surface area contributed by atoms with Gasteiger partial charge in [-0.15, -0.1) is 0 Å². The minimum Gasteiger partial charge on any atom is -0.456 e. The normalized spacial score (nSPS) is 14.9. The van der Waals surface area contributed by atoms with Gasteiger partial charge < -0.3 is 8.98 Å². The smallest absolute Gasteiger partial charge is 0.179 e. The number of aromatic nitrogens is 1. The molecule has 0 spiro atoms. The molecule has 1 aliphatic rings. The molecule has 59 heavy (non-hydrogen) atoms. The highest BCUT2D eigenvalue weighted by molar-refractivity contribution is 7.19. The largest absolute Gasteiger partial charge is 0.456 e. The first-order chi connectivity index (χ1) is 28.7. The molecule has 2 nitrogen and oxygen atoms in total. The average molecular weight is 778 g/mol. The van der Waals surface area contributed by atoms with Gasteiger partial charge in [0.2, 0.25) is 0 Å². The van der Waals surface area contributed by atoms with Crippen LogP contribution < -0.4 is 20.7 Å². The summed E-state index contributed by atoms with van der Waals surface area (Å²) in [7, 11) is -2.90. The van der Waals surface area contributed by atoms with E-state index >= 15 is 0 Å². The lowest BCUT2D eigenvalue weighted by molar-refractivity contribution is 0.332. The Hall–Kier alpha value is -6.42. The molecule has 286 valence electrons. The Kier molecular flexibility index (Phi) is 8.06. The first-order valence-corrected chi connectivity index (χ1v) is 23.1. The molecule has 8 aromatic carbocycles. The molecule has 11 rings (SSSR count). The summed E-state index contributed by atoms with van der Waals surface area (Å²) in [4.78, 5) is 0. The van der Waals surface area contributed by atoms with Crippen molar-refractivity contribution in [2.45, 2.75) is 51.4 Å². The van der Waals surface area contributed by atoms with Gasteiger partial charge in [-0.1, -0.05) is 179 Å². The molecule has 0 saturated heterocycles. The summed E-state index contributed by atoms with van der Waals surface area (Å²) in [5.41, 5.74) is 11.0. The molecule has 0 fully saturated rings. The fraction of sp³-hybridized carbons (Fsp3) is 0.143. The van der Waals surface area contributed by atoms with Crippen LogP contribution in [0.25, 0.3) is 60.6 Å². The van der Waals surface area contributed by atoms with Crippen molar-refractivity contribution in [2.24, 2.45) is 0 Å². The van der Waals surface area contributed by atoms with E-state index < -0.39 is 8.07 Å². The number of hydrogen-bond donors (Lipinski definition) is 0. The number of hydrogen-bond acceptors (Lipinski definition) is 1. The van der Waals surface area contributed by atoms with E-state index in [1.165, 1.54) is 83.3 Å². The molecule has 0 amide bonds. The first kappa shape index (κ1) is 35.7. The van der Waals surface area contributed by atoms with Crippen LogP contribution in [0.3, 0.4) is 0 Å².